The van der Waals surface area contributed by atoms with Crippen LogP contribution in [0.2, 0.25) is 5.02 Å². The average molecular weight is 601 g/mol. The van der Waals surface area contributed by atoms with E-state index in [0.717, 1.165) is 12.8 Å². The number of ether oxygens (including phenoxy) is 1. The van der Waals surface area contributed by atoms with Gasteiger partial charge in [0.15, 0.2) is 0 Å². The van der Waals surface area contributed by atoms with Crippen LogP contribution in [-0.4, -0.2) is 66.6 Å². The van der Waals surface area contributed by atoms with Gasteiger partial charge < -0.3 is 29.7 Å². The molecule has 9 nitrogen and oxygen atoms in total. The Balaban J connectivity index is 1.19. The molecule has 2 amide bonds. The van der Waals surface area contributed by atoms with Crippen molar-refractivity contribution in [3.8, 4) is 11.8 Å². The maximum absolute atomic E-state index is 13.5. The van der Waals surface area contributed by atoms with Gasteiger partial charge in [0, 0.05) is 44.6 Å². The molecule has 226 valence electrons. The molecule has 2 aromatic rings. The molecular formula is C31H38ClFN4O5. The molecule has 0 radical (unpaired) electrons. The summed E-state index contributed by atoms with van der Waals surface area (Å²) in [6, 6.07) is 4.03. The molecule has 5 rings (SSSR count). The monoisotopic (exact) mass is 600 g/mol. The number of anilines is 1. The molecule has 0 bridgehead atoms. The largest absolute Gasteiger partial charge is 0.444 e. The normalized spacial score (nSPS) is 26.8. The van der Waals surface area contributed by atoms with Crippen LogP contribution < -0.4 is 5.32 Å². The number of carbonyl (C=O) groups excluding carboxylic acids is 2. The highest BCUT2D eigenvalue weighted by molar-refractivity contribution is 6.31. The van der Waals surface area contributed by atoms with E-state index in [1.165, 1.54) is 18.2 Å². The second-order valence-electron chi connectivity index (χ2n) is 13.0. The van der Waals surface area contributed by atoms with E-state index >= 15 is 0 Å². The Morgan fingerprint density at radius 2 is 1.74 bits per heavy atom. The van der Waals surface area contributed by atoms with Crippen molar-refractivity contribution in [1.29, 1.82) is 0 Å². The van der Waals surface area contributed by atoms with Crippen molar-refractivity contribution in [3.05, 3.63) is 46.8 Å². The van der Waals surface area contributed by atoms with Crippen molar-refractivity contribution >= 4 is 29.3 Å². The van der Waals surface area contributed by atoms with Gasteiger partial charge in [0.2, 0.25) is 0 Å². The number of amides is 2. The Morgan fingerprint density at radius 3 is 2.33 bits per heavy atom. The predicted molar refractivity (Wildman–Crippen MR) is 155 cm³/mol. The summed E-state index contributed by atoms with van der Waals surface area (Å²) in [4.78, 5) is 31.7. The molecule has 2 unspecified atom stereocenters. The zero-order chi connectivity index (χ0) is 30.4. The Labute approximate surface area is 250 Å². The number of halogens is 2. The smallest absolute Gasteiger partial charge is 0.410 e. The number of likely N-dealkylation sites (tertiary alicyclic amines) is 1. The summed E-state index contributed by atoms with van der Waals surface area (Å²) in [6.45, 7) is 6.11. The van der Waals surface area contributed by atoms with Gasteiger partial charge in [-0.05, 0) is 76.5 Å². The molecule has 1 aliphatic heterocycles. The van der Waals surface area contributed by atoms with Crippen LogP contribution in [0.3, 0.4) is 0 Å². The first kappa shape index (κ1) is 30.3. The first-order valence-electron chi connectivity index (χ1n) is 14.4. The van der Waals surface area contributed by atoms with E-state index in [-0.39, 0.29) is 28.7 Å². The maximum atomic E-state index is 13.5. The van der Waals surface area contributed by atoms with Gasteiger partial charge in [-0.2, -0.15) is 0 Å². The number of fused-ring (bicyclic) bond motifs is 1. The molecule has 3 fully saturated rings. The van der Waals surface area contributed by atoms with E-state index in [1.54, 1.807) is 22.8 Å². The lowest BCUT2D eigenvalue weighted by Crippen LogP contribution is -2.47. The number of nitrogens with one attached hydrogen (secondary N) is 1. The summed E-state index contributed by atoms with van der Waals surface area (Å²) < 4.78 is 20.6. The van der Waals surface area contributed by atoms with Crippen LogP contribution in [0.15, 0.2) is 24.5 Å². The van der Waals surface area contributed by atoms with Crippen LogP contribution in [0.1, 0.15) is 81.4 Å². The van der Waals surface area contributed by atoms with Gasteiger partial charge in [-0.1, -0.05) is 23.4 Å². The molecule has 2 heterocycles. The first-order valence-corrected chi connectivity index (χ1v) is 14.8. The molecule has 2 aliphatic carbocycles. The van der Waals surface area contributed by atoms with E-state index in [4.69, 9.17) is 16.3 Å². The second-order valence-corrected chi connectivity index (χ2v) is 13.5. The number of hydrogen-bond acceptors (Lipinski definition) is 6. The molecule has 1 aromatic heterocycles. The Bertz CT molecular complexity index is 1420. The maximum Gasteiger partial charge on any atom is 0.410 e. The van der Waals surface area contributed by atoms with E-state index in [0.29, 0.717) is 55.8 Å². The summed E-state index contributed by atoms with van der Waals surface area (Å²) in [5.74, 6) is 5.53. The van der Waals surface area contributed by atoms with Crippen molar-refractivity contribution < 1.29 is 28.9 Å². The molecule has 2 saturated carbocycles. The third kappa shape index (κ3) is 6.59. The first-order chi connectivity index (χ1) is 19.6. The van der Waals surface area contributed by atoms with E-state index < -0.39 is 28.7 Å². The van der Waals surface area contributed by atoms with Crippen molar-refractivity contribution in [2.24, 2.45) is 18.9 Å². The average Bonchev–Trinajstić information content (AvgIpc) is 3.55. The number of benzene rings is 1. The fraction of sp³-hybridized carbons (Fsp3) is 0.581. The van der Waals surface area contributed by atoms with Gasteiger partial charge in [-0.25, -0.2) is 14.2 Å². The van der Waals surface area contributed by atoms with Gasteiger partial charge in [0.1, 0.15) is 28.3 Å². The van der Waals surface area contributed by atoms with Crippen LogP contribution in [0.4, 0.5) is 14.9 Å². The third-order valence-corrected chi connectivity index (χ3v) is 8.85. The van der Waals surface area contributed by atoms with E-state index in [1.807, 2.05) is 20.8 Å². The minimum Gasteiger partial charge on any atom is -0.444 e. The molecule has 42 heavy (non-hydrogen) atoms. The molecule has 3 N–H and O–H groups in total. The fourth-order valence-corrected chi connectivity index (χ4v) is 6.70. The molecule has 1 aromatic carbocycles. The van der Waals surface area contributed by atoms with Gasteiger partial charge in [0.25, 0.3) is 5.91 Å². The van der Waals surface area contributed by atoms with E-state index in [9.17, 15) is 24.2 Å². The van der Waals surface area contributed by atoms with Crippen LogP contribution in [0, 0.1) is 29.5 Å². The summed E-state index contributed by atoms with van der Waals surface area (Å²) in [7, 11) is 1.76. The SMILES string of the molecule is Cn1cnc(C2CC3CC(O)(C#CC4(O)CCN(C(=O)OC(C)(C)C)CC4)CC3C2)c1C(=O)Nc1ccc(F)c(Cl)c1. The topological polar surface area (TPSA) is 117 Å². The highest BCUT2D eigenvalue weighted by Crippen LogP contribution is 2.54. The zero-order valence-electron chi connectivity index (χ0n) is 24.4. The van der Waals surface area contributed by atoms with Crippen molar-refractivity contribution in [3.63, 3.8) is 0 Å². The molecule has 1 saturated heterocycles. The highest BCUT2D eigenvalue weighted by Gasteiger charge is 2.49. The Hall–Kier alpha value is -3.13. The number of piperidine rings is 1. The standard InChI is InChI=1S/C31H38ClFN4O5/c1-29(2,3)42-28(39)37-11-9-30(40,10-12-37)7-8-31(41)16-20-13-19(14-21(20)17-31)25-26(36(4)18-34-25)27(38)35-22-5-6-24(33)23(32)15-22/h5-6,15,18-21,40-41H,9-14,16-17H2,1-4H3,(H,35,38). The zero-order valence-corrected chi connectivity index (χ0v) is 25.2. The van der Waals surface area contributed by atoms with Crippen LogP contribution >= 0.6 is 11.6 Å². The van der Waals surface area contributed by atoms with Gasteiger partial charge in [0.05, 0.1) is 17.0 Å². The quantitative estimate of drug-likeness (QED) is 0.433. The summed E-state index contributed by atoms with van der Waals surface area (Å²) >= 11 is 5.87. The van der Waals surface area contributed by atoms with Gasteiger partial charge in [-0.15, -0.1) is 0 Å². The Morgan fingerprint density at radius 1 is 1.12 bits per heavy atom. The number of rotatable bonds is 3. The van der Waals surface area contributed by atoms with Crippen molar-refractivity contribution in [2.75, 3.05) is 18.4 Å². The van der Waals surface area contributed by atoms with Crippen LogP contribution in [0.5, 0.6) is 0 Å². The minimum atomic E-state index is -1.26. The Kier molecular flexibility index (Phi) is 8.07. The van der Waals surface area contributed by atoms with Crippen LogP contribution in [-0.2, 0) is 11.8 Å². The highest BCUT2D eigenvalue weighted by atomic mass is 35.5. The predicted octanol–water partition coefficient (Wildman–Crippen LogP) is 4.87. The summed E-state index contributed by atoms with van der Waals surface area (Å²) in [6.07, 6.45) is 4.31. The number of carbonyl (C=O) groups is 2. The third-order valence-electron chi connectivity index (χ3n) is 8.56. The number of hydrogen-bond donors (Lipinski definition) is 3. The minimum absolute atomic E-state index is 0.0534. The number of nitrogens with zero attached hydrogens (tertiary/aromatic N) is 3. The molecule has 11 heteroatoms. The van der Waals surface area contributed by atoms with E-state index in [2.05, 4.69) is 22.1 Å². The van der Waals surface area contributed by atoms with Crippen molar-refractivity contribution in [2.45, 2.75) is 82.0 Å². The fourth-order valence-electron chi connectivity index (χ4n) is 6.52. The molecule has 0 spiro atoms. The lowest BCUT2D eigenvalue weighted by molar-refractivity contribution is -0.00561. The summed E-state index contributed by atoms with van der Waals surface area (Å²) in [5, 5.41) is 25.1. The second kappa shape index (κ2) is 11.2. The number of aryl methyl sites for hydroxylation is 1. The van der Waals surface area contributed by atoms with Gasteiger partial charge in [-0.3, -0.25) is 4.79 Å². The lowest BCUT2D eigenvalue weighted by atomic mass is 9.89. The summed E-state index contributed by atoms with van der Waals surface area (Å²) in [5.41, 5.74) is -1.50. The number of imidazole rings is 1. The molecule has 2 atom stereocenters. The van der Waals surface area contributed by atoms with Gasteiger partial charge >= 0.3 is 6.09 Å². The number of aromatic nitrogens is 2. The van der Waals surface area contributed by atoms with Crippen molar-refractivity contribution in [1.82, 2.24) is 14.5 Å². The molecular weight excluding hydrogens is 563 g/mol. The van der Waals surface area contributed by atoms with Crippen LogP contribution in [0.25, 0.3) is 0 Å². The molecule has 3 aliphatic rings. The number of aliphatic hydroxyl groups is 2. The lowest BCUT2D eigenvalue weighted by Gasteiger charge is -2.36.